The summed E-state index contributed by atoms with van der Waals surface area (Å²) in [6.07, 6.45) is 2.12. The van der Waals surface area contributed by atoms with Gasteiger partial charge < -0.3 is 5.11 Å². The first-order valence-corrected chi connectivity index (χ1v) is 4.86. The van der Waals surface area contributed by atoms with Crippen LogP contribution in [0.1, 0.15) is 6.92 Å². The Morgan fingerprint density at radius 1 is 1.75 bits per heavy atom. The van der Waals surface area contributed by atoms with Crippen molar-refractivity contribution in [1.82, 2.24) is 5.01 Å². The molecule has 0 saturated carbocycles. The van der Waals surface area contributed by atoms with E-state index in [4.69, 9.17) is 5.11 Å². The SMILES string of the molecule is CC1=NN(C)C2SC(CO)=CC12. The second-order valence-corrected chi connectivity index (χ2v) is 4.38. The first-order valence-electron chi connectivity index (χ1n) is 3.98. The Kier molecular flexibility index (Phi) is 1.88. The fourth-order valence-electron chi connectivity index (χ4n) is 1.65. The molecule has 0 aromatic heterocycles. The third-order valence-electron chi connectivity index (χ3n) is 2.27. The van der Waals surface area contributed by atoms with Crippen molar-refractivity contribution in [2.24, 2.45) is 11.0 Å². The molecule has 66 valence electrons. The zero-order valence-electron chi connectivity index (χ0n) is 7.19. The van der Waals surface area contributed by atoms with E-state index in [9.17, 15) is 0 Å². The van der Waals surface area contributed by atoms with Crippen molar-refractivity contribution in [3.05, 3.63) is 11.0 Å². The Morgan fingerprint density at radius 2 is 2.50 bits per heavy atom. The van der Waals surface area contributed by atoms with E-state index in [0.29, 0.717) is 11.3 Å². The maximum Gasteiger partial charge on any atom is 0.108 e. The highest BCUT2D eigenvalue weighted by molar-refractivity contribution is 8.04. The summed E-state index contributed by atoms with van der Waals surface area (Å²) >= 11 is 1.72. The lowest BCUT2D eigenvalue weighted by atomic mass is 10.1. The van der Waals surface area contributed by atoms with Gasteiger partial charge in [-0.05, 0) is 6.92 Å². The fraction of sp³-hybridized carbons (Fsp3) is 0.625. The van der Waals surface area contributed by atoms with Gasteiger partial charge in [0.1, 0.15) is 5.37 Å². The molecule has 2 aliphatic rings. The van der Waals surface area contributed by atoms with Crippen LogP contribution in [-0.2, 0) is 0 Å². The molecule has 3 nitrogen and oxygen atoms in total. The molecule has 0 aromatic carbocycles. The minimum Gasteiger partial charge on any atom is -0.391 e. The van der Waals surface area contributed by atoms with Gasteiger partial charge in [0.25, 0.3) is 0 Å². The van der Waals surface area contributed by atoms with Gasteiger partial charge in [0.15, 0.2) is 0 Å². The van der Waals surface area contributed by atoms with Crippen molar-refractivity contribution >= 4 is 17.5 Å². The quantitative estimate of drug-likeness (QED) is 0.657. The largest absolute Gasteiger partial charge is 0.391 e. The number of hydrogen-bond donors (Lipinski definition) is 1. The molecule has 0 fully saturated rings. The number of aliphatic hydroxyl groups excluding tert-OH is 1. The highest BCUT2D eigenvalue weighted by Gasteiger charge is 2.37. The lowest BCUT2D eigenvalue weighted by Gasteiger charge is -2.16. The molecule has 2 atom stereocenters. The molecule has 0 radical (unpaired) electrons. The average molecular weight is 184 g/mol. The molecular weight excluding hydrogens is 172 g/mol. The van der Waals surface area contributed by atoms with Gasteiger partial charge in [-0.1, -0.05) is 6.08 Å². The number of thioether (sulfide) groups is 1. The third kappa shape index (κ3) is 1.06. The number of fused-ring (bicyclic) bond motifs is 1. The number of rotatable bonds is 1. The summed E-state index contributed by atoms with van der Waals surface area (Å²) in [6.45, 7) is 2.21. The van der Waals surface area contributed by atoms with Gasteiger partial charge in [-0.2, -0.15) is 5.10 Å². The van der Waals surface area contributed by atoms with Crippen LogP contribution in [0.25, 0.3) is 0 Å². The first-order chi connectivity index (χ1) is 5.72. The summed E-state index contributed by atoms with van der Waals surface area (Å²) in [6, 6.07) is 0. The van der Waals surface area contributed by atoms with Crippen LogP contribution in [0.5, 0.6) is 0 Å². The minimum atomic E-state index is 0.165. The van der Waals surface area contributed by atoms with Crippen LogP contribution in [0.2, 0.25) is 0 Å². The van der Waals surface area contributed by atoms with Gasteiger partial charge in [0.05, 0.1) is 6.61 Å². The van der Waals surface area contributed by atoms with Crippen molar-refractivity contribution in [3.8, 4) is 0 Å². The number of nitrogens with zero attached hydrogens (tertiary/aromatic N) is 2. The molecule has 2 heterocycles. The molecular formula is C8H12N2OS. The van der Waals surface area contributed by atoms with Crippen LogP contribution in [0.15, 0.2) is 16.1 Å². The van der Waals surface area contributed by atoms with Gasteiger partial charge in [-0.3, -0.25) is 5.01 Å². The molecule has 0 spiro atoms. The molecule has 1 N–H and O–H groups in total. The normalized spacial score (nSPS) is 33.4. The topological polar surface area (TPSA) is 35.8 Å². The third-order valence-corrected chi connectivity index (χ3v) is 3.67. The maximum absolute atomic E-state index is 8.95. The Bertz CT molecular complexity index is 262. The highest BCUT2D eigenvalue weighted by Crippen LogP contribution is 2.41. The average Bonchev–Trinajstić information content (AvgIpc) is 2.55. The Labute approximate surface area is 76.1 Å². The van der Waals surface area contributed by atoms with E-state index in [-0.39, 0.29) is 6.61 Å². The van der Waals surface area contributed by atoms with Crippen LogP contribution < -0.4 is 0 Å². The second kappa shape index (κ2) is 2.78. The molecule has 4 heteroatoms. The number of hydrogen-bond acceptors (Lipinski definition) is 4. The van der Waals surface area contributed by atoms with Crippen LogP contribution >= 0.6 is 11.8 Å². The fourth-order valence-corrected chi connectivity index (χ4v) is 2.88. The summed E-state index contributed by atoms with van der Waals surface area (Å²) in [4.78, 5) is 1.08. The highest BCUT2D eigenvalue weighted by atomic mass is 32.2. The van der Waals surface area contributed by atoms with E-state index in [2.05, 4.69) is 11.2 Å². The molecule has 0 aliphatic carbocycles. The van der Waals surface area contributed by atoms with E-state index in [1.54, 1.807) is 11.8 Å². The summed E-state index contributed by atoms with van der Waals surface area (Å²) in [5.41, 5.74) is 1.15. The molecule has 0 aromatic rings. The van der Waals surface area contributed by atoms with Crippen molar-refractivity contribution in [2.45, 2.75) is 12.3 Å². The monoisotopic (exact) mass is 184 g/mol. The molecule has 2 unspecified atom stereocenters. The van der Waals surface area contributed by atoms with E-state index >= 15 is 0 Å². The van der Waals surface area contributed by atoms with Crippen molar-refractivity contribution in [2.75, 3.05) is 13.7 Å². The zero-order valence-corrected chi connectivity index (χ0v) is 8.01. The predicted octanol–water partition coefficient (Wildman–Crippen LogP) is 0.873. The number of hydrazone groups is 1. The summed E-state index contributed by atoms with van der Waals surface area (Å²) in [7, 11) is 1.98. The smallest absolute Gasteiger partial charge is 0.108 e. The van der Waals surface area contributed by atoms with Crippen LogP contribution in [0, 0.1) is 5.92 Å². The maximum atomic E-state index is 8.95. The van der Waals surface area contributed by atoms with Crippen LogP contribution in [-0.4, -0.2) is 34.9 Å². The van der Waals surface area contributed by atoms with E-state index < -0.39 is 0 Å². The predicted molar refractivity (Wildman–Crippen MR) is 50.9 cm³/mol. The molecule has 0 saturated heterocycles. The lowest BCUT2D eigenvalue weighted by Crippen LogP contribution is -2.22. The van der Waals surface area contributed by atoms with Crippen LogP contribution in [0.3, 0.4) is 0 Å². The zero-order chi connectivity index (χ0) is 8.72. The summed E-state index contributed by atoms with van der Waals surface area (Å²) in [5, 5.41) is 15.7. The van der Waals surface area contributed by atoms with E-state index in [1.165, 1.54) is 0 Å². The summed E-state index contributed by atoms with van der Waals surface area (Å²) in [5.74, 6) is 0.419. The minimum absolute atomic E-state index is 0.165. The lowest BCUT2D eigenvalue weighted by molar-refractivity contribution is 0.339. The Balaban J connectivity index is 2.21. The van der Waals surface area contributed by atoms with Gasteiger partial charge in [0.2, 0.25) is 0 Å². The Hall–Kier alpha value is -0.480. The van der Waals surface area contributed by atoms with Gasteiger partial charge in [0, 0.05) is 23.6 Å². The van der Waals surface area contributed by atoms with Crippen molar-refractivity contribution < 1.29 is 5.11 Å². The summed E-state index contributed by atoms with van der Waals surface area (Å²) < 4.78 is 0. The van der Waals surface area contributed by atoms with E-state index in [0.717, 1.165) is 10.6 Å². The van der Waals surface area contributed by atoms with Gasteiger partial charge in [-0.15, -0.1) is 11.8 Å². The molecule has 0 amide bonds. The van der Waals surface area contributed by atoms with Crippen molar-refractivity contribution in [3.63, 3.8) is 0 Å². The van der Waals surface area contributed by atoms with Crippen molar-refractivity contribution in [1.29, 1.82) is 0 Å². The Morgan fingerprint density at radius 3 is 3.08 bits per heavy atom. The molecule has 2 rings (SSSR count). The van der Waals surface area contributed by atoms with E-state index in [1.807, 2.05) is 19.0 Å². The van der Waals surface area contributed by atoms with Crippen LogP contribution in [0.4, 0.5) is 0 Å². The first kappa shape index (κ1) is 8.13. The molecule has 2 aliphatic heterocycles. The standard InChI is InChI=1S/C8H12N2OS/c1-5-7-3-6(4-11)12-8(7)10(2)9-5/h3,7-8,11H,4H2,1-2H3. The molecule has 0 bridgehead atoms. The van der Waals surface area contributed by atoms with Gasteiger partial charge >= 0.3 is 0 Å². The molecule has 12 heavy (non-hydrogen) atoms. The second-order valence-electron chi connectivity index (χ2n) is 3.14. The van der Waals surface area contributed by atoms with Gasteiger partial charge in [-0.25, -0.2) is 0 Å². The number of aliphatic hydroxyl groups is 1.